The van der Waals surface area contributed by atoms with E-state index in [1.165, 1.54) is 22.3 Å². The van der Waals surface area contributed by atoms with E-state index in [1.54, 1.807) is 8.81 Å². The van der Waals surface area contributed by atoms with Crippen molar-refractivity contribution >= 4 is 25.4 Å². The molecule has 2 aromatic carbocycles. The van der Waals surface area contributed by atoms with Gasteiger partial charge in [0.15, 0.2) is 0 Å². The molecule has 0 atom stereocenters. The fourth-order valence-electron chi connectivity index (χ4n) is 3.19. The molecular weight excluding hydrogens is 313 g/mol. The zero-order valence-corrected chi connectivity index (χ0v) is 14.5. The number of benzene rings is 2. The molecular formula is C20H18Ge. The van der Waals surface area contributed by atoms with Crippen LogP contribution >= 0.6 is 0 Å². The Labute approximate surface area is 129 Å². The molecule has 2 aliphatic carbocycles. The van der Waals surface area contributed by atoms with Gasteiger partial charge in [-0.1, -0.05) is 0 Å². The van der Waals surface area contributed by atoms with Crippen LogP contribution in [-0.4, -0.2) is 13.3 Å². The Bertz CT molecular complexity index is 712. The average Bonchev–Trinajstić information content (AvgIpc) is 3.11. The quantitative estimate of drug-likeness (QED) is 0.674. The summed E-state index contributed by atoms with van der Waals surface area (Å²) < 4.78 is 3.15. The first-order chi connectivity index (χ1) is 10.1. The normalized spacial score (nSPS) is 16.3. The van der Waals surface area contributed by atoms with Crippen LogP contribution in [-0.2, 0) is 0 Å². The predicted molar refractivity (Wildman–Crippen MR) is 93.1 cm³/mol. The van der Waals surface area contributed by atoms with E-state index < -0.39 is 13.3 Å². The molecule has 0 bridgehead atoms. The molecule has 4 rings (SSSR count). The van der Waals surface area contributed by atoms with E-state index in [9.17, 15) is 0 Å². The zero-order chi connectivity index (χ0) is 14.4. The number of fused-ring (bicyclic) bond motifs is 2. The van der Waals surface area contributed by atoms with Crippen LogP contribution in [0.2, 0.25) is 11.5 Å². The Kier molecular flexibility index (Phi) is 2.97. The number of rotatable bonds is 2. The molecule has 0 nitrogen and oxygen atoms in total. The summed E-state index contributed by atoms with van der Waals surface area (Å²) in [5.74, 6) is 5.00. The van der Waals surface area contributed by atoms with Crippen LogP contribution in [0.15, 0.2) is 57.3 Å². The van der Waals surface area contributed by atoms with Crippen LogP contribution in [0, 0.1) is 12.8 Å². The van der Waals surface area contributed by atoms with E-state index in [0.29, 0.717) is 0 Å². The van der Waals surface area contributed by atoms with Crippen molar-refractivity contribution in [3.05, 3.63) is 92.4 Å². The monoisotopic (exact) mass is 332 g/mol. The molecule has 0 aliphatic heterocycles. The van der Waals surface area contributed by atoms with Gasteiger partial charge in [-0.2, -0.15) is 0 Å². The summed E-state index contributed by atoms with van der Waals surface area (Å²) in [6.45, 7) is 0. The Morgan fingerprint density at radius 3 is 1.33 bits per heavy atom. The molecule has 2 aromatic rings. The molecule has 2 radical (unpaired) electrons. The van der Waals surface area contributed by atoms with Crippen LogP contribution in [0.5, 0.6) is 0 Å². The second-order valence-corrected chi connectivity index (χ2v) is 15.6. The van der Waals surface area contributed by atoms with Crippen molar-refractivity contribution in [2.45, 2.75) is 11.5 Å². The molecule has 0 N–H and O–H groups in total. The van der Waals surface area contributed by atoms with Gasteiger partial charge in [-0.3, -0.25) is 0 Å². The first-order valence-electron chi connectivity index (χ1n) is 7.46. The average molecular weight is 331 g/mol. The van der Waals surface area contributed by atoms with Gasteiger partial charge in [0.05, 0.1) is 0 Å². The third-order valence-corrected chi connectivity index (χ3v) is 11.9. The Morgan fingerprint density at radius 2 is 0.952 bits per heavy atom. The van der Waals surface area contributed by atoms with Gasteiger partial charge in [0, 0.05) is 0 Å². The van der Waals surface area contributed by atoms with E-state index in [-0.39, 0.29) is 0 Å². The summed E-state index contributed by atoms with van der Waals surface area (Å²) in [5.41, 5.74) is 5.51. The molecule has 0 unspecified atom stereocenters. The molecule has 0 fully saturated rings. The van der Waals surface area contributed by atoms with Crippen LogP contribution in [0.25, 0.3) is 12.2 Å². The summed E-state index contributed by atoms with van der Waals surface area (Å²) in [7, 11) is 0. The van der Waals surface area contributed by atoms with Gasteiger partial charge >= 0.3 is 129 Å². The van der Waals surface area contributed by atoms with Gasteiger partial charge in [-0.25, -0.2) is 0 Å². The van der Waals surface area contributed by atoms with Crippen molar-refractivity contribution in [1.29, 1.82) is 0 Å². The minimum absolute atomic E-state index is 1.38. The van der Waals surface area contributed by atoms with Gasteiger partial charge in [0.25, 0.3) is 0 Å². The number of hydrogen-bond acceptors (Lipinski definition) is 0. The standard InChI is InChI=1S/C20H18Ge/c1-21(2,19-11-15-7-3-4-8-16(15)12-19)20-13-17-9-5-6-10-18(17)14-20/h3-14H,1-2H3. The van der Waals surface area contributed by atoms with Crippen molar-refractivity contribution in [3.63, 3.8) is 0 Å². The SMILES string of the molecule is [CH3][Ge]([CH3])([C]1=Cc2ccccc2[CH]1)[C]1=Cc2ccccc2[CH]1. The molecule has 0 saturated carbocycles. The predicted octanol–water partition coefficient (Wildman–Crippen LogP) is 5.07. The summed E-state index contributed by atoms with van der Waals surface area (Å²) in [4.78, 5) is 0. The van der Waals surface area contributed by atoms with Gasteiger partial charge < -0.3 is 0 Å². The second-order valence-electron chi connectivity index (χ2n) is 6.37. The molecule has 2 aliphatic rings. The maximum atomic E-state index is 2.50. The van der Waals surface area contributed by atoms with Crippen molar-refractivity contribution in [3.8, 4) is 0 Å². The molecule has 0 heterocycles. The third-order valence-electron chi connectivity index (χ3n) is 4.68. The van der Waals surface area contributed by atoms with Gasteiger partial charge in [0.1, 0.15) is 0 Å². The van der Waals surface area contributed by atoms with Crippen molar-refractivity contribution in [2.24, 2.45) is 0 Å². The molecule has 1 heteroatoms. The van der Waals surface area contributed by atoms with Crippen LogP contribution in [0.1, 0.15) is 22.3 Å². The molecule has 21 heavy (non-hydrogen) atoms. The van der Waals surface area contributed by atoms with Gasteiger partial charge in [0.2, 0.25) is 0 Å². The summed E-state index contributed by atoms with van der Waals surface area (Å²) in [6.07, 6.45) is 9.64. The van der Waals surface area contributed by atoms with E-state index >= 15 is 0 Å². The summed E-state index contributed by atoms with van der Waals surface area (Å²) in [6, 6.07) is 17.4. The fraction of sp³-hybridized carbons (Fsp3) is 0.100. The Morgan fingerprint density at radius 1 is 0.571 bits per heavy atom. The zero-order valence-electron chi connectivity index (χ0n) is 12.4. The number of hydrogen-bond donors (Lipinski definition) is 0. The van der Waals surface area contributed by atoms with Crippen LogP contribution < -0.4 is 0 Å². The molecule has 0 amide bonds. The van der Waals surface area contributed by atoms with Crippen LogP contribution in [0.4, 0.5) is 0 Å². The molecule has 0 saturated heterocycles. The fourth-order valence-corrected chi connectivity index (χ4v) is 8.22. The second kappa shape index (κ2) is 4.74. The summed E-state index contributed by atoms with van der Waals surface area (Å²) >= 11 is -2.20. The van der Waals surface area contributed by atoms with E-state index in [4.69, 9.17) is 0 Å². The first kappa shape index (κ1) is 13.1. The van der Waals surface area contributed by atoms with E-state index in [2.05, 4.69) is 85.0 Å². The van der Waals surface area contributed by atoms with E-state index in [0.717, 1.165) is 0 Å². The van der Waals surface area contributed by atoms with Crippen molar-refractivity contribution < 1.29 is 0 Å². The Hall–Kier alpha value is -1.54. The first-order valence-corrected chi connectivity index (χ1v) is 13.8. The van der Waals surface area contributed by atoms with Gasteiger partial charge in [-0.15, -0.1) is 0 Å². The summed E-state index contributed by atoms with van der Waals surface area (Å²) in [5, 5.41) is 0. The molecule has 0 spiro atoms. The topological polar surface area (TPSA) is 0 Å². The Balaban J connectivity index is 1.68. The molecule has 0 aromatic heterocycles. The maximum absolute atomic E-state index is 2.50. The molecule has 102 valence electrons. The van der Waals surface area contributed by atoms with Crippen LogP contribution in [0.3, 0.4) is 0 Å². The minimum atomic E-state index is -2.20. The van der Waals surface area contributed by atoms with E-state index in [1.807, 2.05) is 0 Å². The van der Waals surface area contributed by atoms with Crippen molar-refractivity contribution in [1.82, 2.24) is 0 Å². The van der Waals surface area contributed by atoms with Crippen molar-refractivity contribution in [2.75, 3.05) is 0 Å². The number of allylic oxidation sites excluding steroid dienone is 2. The third kappa shape index (κ3) is 2.13. The van der Waals surface area contributed by atoms with Gasteiger partial charge in [-0.05, 0) is 0 Å².